The van der Waals surface area contributed by atoms with Crippen LogP contribution >= 0.6 is 0 Å². The van der Waals surface area contributed by atoms with Gasteiger partial charge in [-0.1, -0.05) is 0 Å². The van der Waals surface area contributed by atoms with Gasteiger partial charge in [0.15, 0.2) is 0 Å². The number of fused-ring (bicyclic) bond motifs is 1. The maximum atomic E-state index is 5.80. The molecule has 2 aliphatic carbocycles. The second kappa shape index (κ2) is 5.02. The Morgan fingerprint density at radius 2 is 1.63 bits per heavy atom. The van der Waals surface area contributed by atoms with E-state index >= 15 is 0 Å². The highest BCUT2D eigenvalue weighted by atomic mass is 16.5. The van der Waals surface area contributed by atoms with Crippen LogP contribution in [0.3, 0.4) is 0 Å². The van der Waals surface area contributed by atoms with E-state index in [-0.39, 0.29) is 6.04 Å². The van der Waals surface area contributed by atoms with Gasteiger partial charge in [-0.05, 0) is 54.7 Å². The second-order valence-corrected chi connectivity index (χ2v) is 5.78. The fourth-order valence-electron chi connectivity index (χ4n) is 3.55. The van der Waals surface area contributed by atoms with Gasteiger partial charge >= 0.3 is 0 Å². The summed E-state index contributed by atoms with van der Waals surface area (Å²) in [7, 11) is 3.35. The largest absolute Gasteiger partial charge is 0.497 e. The van der Waals surface area contributed by atoms with E-state index in [1.165, 1.54) is 19.3 Å². The van der Waals surface area contributed by atoms with E-state index in [9.17, 15) is 0 Å². The smallest absolute Gasteiger partial charge is 0.122 e. The Kier molecular flexibility index (Phi) is 3.37. The SMILES string of the molecule is COc1cc(OC)cc(C(NN)C2CC3CC3C2)c1. The molecule has 0 heterocycles. The minimum atomic E-state index is 0.191. The molecular formula is C15H22N2O2. The van der Waals surface area contributed by atoms with E-state index in [1.807, 2.05) is 6.07 Å². The van der Waals surface area contributed by atoms with Crippen LogP contribution in [-0.4, -0.2) is 14.2 Å². The molecular weight excluding hydrogens is 240 g/mol. The van der Waals surface area contributed by atoms with Gasteiger partial charge in [0.1, 0.15) is 11.5 Å². The van der Waals surface area contributed by atoms with Crippen LogP contribution in [0, 0.1) is 17.8 Å². The molecule has 0 bridgehead atoms. The summed E-state index contributed by atoms with van der Waals surface area (Å²) in [5, 5.41) is 0. The Balaban J connectivity index is 1.85. The summed E-state index contributed by atoms with van der Waals surface area (Å²) in [6.07, 6.45) is 4.01. The molecule has 1 aromatic carbocycles. The third-order valence-corrected chi connectivity index (χ3v) is 4.66. The molecule has 104 valence electrons. The van der Waals surface area contributed by atoms with E-state index in [2.05, 4.69) is 17.6 Å². The molecule has 0 amide bonds. The molecule has 3 N–H and O–H groups in total. The van der Waals surface area contributed by atoms with E-state index in [0.29, 0.717) is 5.92 Å². The number of methoxy groups -OCH3 is 2. The van der Waals surface area contributed by atoms with Gasteiger partial charge in [-0.15, -0.1) is 0 Å². The zero-order chi connectivity index (χ0) is 13.4. The molecule has 0 saturated heterocycles. The lowest BCUT2D eigenvalue weighted by Crippen LogP contribution is -2.33. The zero-order valence-corrected chi connectivity index (χ0v) is 11.6. The molecule has 1 aromatic rings. The molecule has 0 spiro atoms. The first-order chi connectivity index (χ1) is 9.25. The minimum Gasteiger partial charge on any atom is -0.497 e. The first kappa shape index (κ1) is 12.8. The van der Waals surface area contributed by atoms with Gasteiger partial charge in [0, 0.05) is 12.1 Å². The van der Waals surface area contributed by atoms with E-state index in [1.54, 1.807) is 14.2 Å². The number of ether oxygens (including phenoxy) is 2. The maximum Gasteiger partial charge on any atom is 0.122 e. The standard InChI is InChI=1S/C15H22N2O2/c1-18-13-6-12(7-14(8-13)19-2)15(17-16)11-4-9-3-10(9)5-11/h6-11,15,17H,3-5,16H2,1-2H3. The number of hydrogen-bond donors (Lipinski definition) is 2. The highest BCUT2D eigenvalue weighted by molar-refractivity contribution is 5.40. The maximum absolute atomic E-state index is 5.80. The predicted molar refractivity (Wildman–Crippen MR) is 73.9 cm³/mol. The molecule has 3 unspecified atom stereocenters. The van der Waals surface area contributed by atoms with Crippen molar-refractivity contribution >= 4 is 0 Å². The van der Waals surface area contributed by atoms with Crippen LogP contribution in [0.15, 0.2) is 18.2 Å². The molecule has 0 aliphatic heterocycles. The van der Waals surface area contributed by atoms with Gasteiger partial charge in [-0.2, -0.15) is 0 Å². The first-order valence-corrected chi connectivity index (χ1v) is 6.94. The molecule has 19 heavy (non-hydrogen) atoms. The van der Waals surface area contributed by atoms with Crippen molar-refractivity contribution in [3.05, 3.63) is 23.8 Å². The zero-order valence-electron chi connectivity index (χ0n) is 11.6. The number of nitrogens with two attached hydrogens (primary N) is 1. The summed E-state index contributed by atoms with van der Waals surface area (Å²) in [6.45, 7) is 0. The highest BCUT2D eigenvalue weighted by Gasteiger charge is 2.48. The van der Waals surface area contributed by atoms with Crippen LogP contribution in [0.2, 0.25) is 0 Å². The number of nitrogens with one attached hydrogen (secondary N) is 1. The van der Waals surface area contributed by atoms with Gasteiger partial charge in [-0.3, -0.25) is 11.3 Å². The Bertz CT molecular complexity index is 431. The molecule has 4 nitrogen and oxygen atoms in total. The Morgan fingerprint density at radius 3 is 2.11 bits per heavy atom. The van der Waals surface area contributed by atoms with Crippen LogP contribution in [-0.2, 0) is 0 Å². The second-order valence-electron chi connectivity index (χ2n) is 5.78. The van der Waals surface area contributed by atoms with Gasteiger partial charge < -0.3 is 9.47 Å². The fraction of sp³-hybridized carbons (Fsp3) is 0.600. The molecule has 4 heteroatoms. The summed E-state index contributed by atoms with van der Waals surface area (Å²) in [4.78, 5) is 0. The topological polar surface area (TPSA) is 56.5 Å². The van der Waals surface area contributed by atoms with Crippen molar-refractivity contribution in [3.63, 3.8) is 0 Å². The summed E-state index contributed by atoms with van der Waals surface area (Å²) < 4.78 is 10.7. The van der Waals surface area contributed by atoms with E-state index < -0.39 is 0 Å². The van der Waals surface area contributed by atoms with Gasteiger partial charge in [0.2, 0.25) is 0 Å². The van der Waals surface area contributed by atoms with E-state index in [4.69, 9.17) is 15.3 Å². The molecule has 3 rings (SSSR count). The van der Waals surface area contributed by atoms with Gasteiger partial charge in [0.25, 0.3) is 0 Å². The Labute approximate surface area is 114 Å². The van der Waals surface area contributed by atoms with Crippen molar-refractivity contribution in [1.82, 2.24) is 5.43 Å². The summed E-state index contributed by atoms with van der Waals surface area (Å²) in [6, 6.07) is 6.19. The van der Waals surface area contributed by atoms with Gasteiger partial charge in [-0.25, -0.2) is 0 Å². The normalized spacial score (nSPS) is 29.7. The predicted octanol–water partition coefficient (Wildman–Crippen LogP) is 2.25. The van der Waals surface area contributed by atoms with Crippen LogP contribution in [0.5, 0.6) is 11.5 Å². The fourth-order valence-corrected chi connectivity index (χ4v) is 3.55. The van der Waals surface area contributed by atoms with Crippen molar-refractivity contribution in [1.29, 1.82) is 0 Å². The quantitative estimate of drug-likeness (QED) is 0.631. The molecule has 0 aromatic heterocycles. The Morgan fingerprint density at radius 1 is 1.05 bits per heavy atom. The van der Waals surface area contributed by atoms with Gasteiger partial charge in [0.05, 0.1) is 14.2 Å². The van der Waals surface area contributed by atoms with Crippen molar-refractivity contribution in [2.24, 2.45) is 23.6 Å². The van der Waals surface area contributed by atoms with Crippen LogP contribution in [0.4, 0.5) is 0 Å². The van der Waals surface area contributed by atoms with Crippen molar-refractivity contribution in [2.75, 3.05) is 14.2 Å². The third kappa shape index (κ3) is 2.42. The molecule has 0 radical (unpaired) electrons. The van der Waals surface area contributed by atoms with Crippen molar-refractivity contribution < 1.29 is 9.47 Å². The first-order valence-electron chi connectivity index (χ1n) is 6.94. The summed E-state index contributed by atoms with van der Waals surface area (Å²) in [5.41, 5.74) is 4.15. The number of hydrazine groups is 1. The molecule has 2 fully saturated rings. The van der Waals surface area contributed by atoms with E-state index in [0.717, 1.165) is 28.9 Å². The summed E-state index contributed by atoms with van der Waals surface area (Å²) in [5.74, 6) is 9.97. The number of benzene rings is 1. The Hall–Kier alpha value is -1.26. The monoisotopic (exact) mass is 262 g/mol. The van der Waals surface area contributed by atoms with Crippen molar-refractivity contribution in [3.8, 4) is 11.5 Å². The highest BCUT2D eigenvalue weighted by Crippen LogP contribution is 2.57. The third-order valence-electron chi connectivity index (χ3n) is 4.66. The number of hydrogen-bond acceptors (Lipinski definition) is 4. The molecule has 2 aliphatic rings. The van der Waals surface area contributed by atoms with Crippen LogP contribution in [0.1, 0.15) is 30.9 Å². The van der Waals surface area contributed by atoms with Crippen molar-refractivity contribution in [2.45, 2.75) is 25.3 Å². The minimum absolute atomic E-state index is 0.191. The van der Waals surface area contributed by atoms with Crippen LogP contribution in [0.25, 0.3) is 0 Å². The molecule has 2 saturated carbocycles. The average molecular weight is 262 g/mol. The molecule has 3 atom stereocenters. The lowest BCUT2D eigenvalue weighted by atomic mass is 9.89. The lowest BCUT2D eigenvalue weighted by Gasteiger charge is -2.25. The lowest BCUT2D eigenvalue weighted by molar-refractivity contribution is 0.340. The average Bonchev–Trinajstić information content (AvgIpc) is 3.06. The summed E-state index contributed by atoms with van der Waals surface area (Å²) >= 11 is 0. The van der Waals surface area contributed by atoms with Crippen LogP contribution < -0.4 is 20.7 Å². The number of rotatable bonds is 5.